The summed E-state index contributed by atoms with van der Waals surface area (Å²) in [6.07, 6.45) is 4.94. The van der Waals surface area contributed by atoms with Gasteiger partial charge in [-0.15, -0.1) is 0 Å². The molecule has 0 aliphatic heterocycles. The Morgan fingerprint density at radius 3 is 2.81 bits per heavy atom. The maximum absolute atomic E-state index is 11.5. The number of rotatable bonds is 11. The van der Waals surface area contributed by atoms with Crippen LogP contribution in [0.1, 0.15) is 50.2 Å². The predicted octanol–water partition coefficient (Wildman–Crippen LogP) is 2.75. The fraction of sp³-hybridized carbons (Fsp3) is 0.588. The molecule has 0 fully saturated rings. The minimum atomic E-state index is -0.116. The van der Waals surface area contributed by atoms with E-state index in [1.54, 1.807) is 0 Å². The van der Waals surface area contributed by atoms with Gasteiger partial charge < -0.3 is 15.8 Å². The molecule has 0 spiro atoms. The highest BCUT2D eigenvalue weighted by Crippen LogP contribution is 2.04. The summed E-state index contributed by atoms with van der Waals surface area (Å²) in [5.41, 5.74) is 7.92. The van der Waals surface area contributed by atoms with Crippen molar-refractivity contribution in [3.05, 3.63) is 35.4 Å². The molecule has 1 rings (SSSR count). The smallest absolute Gasteiger partial charge is 0.307 e. The van der Waals surface area contributed by atoms with Crippen molar-refractivity contribution in [2.45, 2.75) is 52.1 Å². The number of carbonyl (C=O) groups is 1. The minimum absolute atomic E-state index is 0.116. The van der Waals surface area contributed by atoms with Crippen molar-refractivity contribution in [3.8, 4) is 0 Å². The lowest BCUT2D eigenvalue weighted by molar-refractivity contribution is -0.143. The zero-order chi connectivity index (χ0) is 15.3. The number of benzene rings is 1. The third-order valence-electron chi connectivity index (χ3n) is 3.32. The van der Waals surface area contributed by atoms with Crippen LogP contribution in [0.4, 0.5) is 0 Å². The van der Waals surface area contributed by atoms with Crippen LogP contribution in [0.2, 0.25) is 0 Å². The number of esters is 1. The summed E-state index contributed by atoms with van der Waals surface area (Å²) in [4.78, 5) is 11.5. The van der Waals surface area contributed by atoms with E-state index in [2.05, 4.69) is 24.4 Å². The summed E-state index contributed by atoms with van der Waals surface area (Å²) < 4.78 is 5.18. The molecule has 0 aliphatic rings. The molecule has 0 amide bonds. The molecule has 118 valence electrons. The van der Waals surface area contributed by atoms with Gasteiger partial charge in [-0.2, -0.15) is 0 Å². The van der Waals surface area contributed by atoms with Crippen LogP contribution >= 0.6 is 0 Å². The molecule has 0 saturated carbocycles. The SMILES string of the molecule is CCCCCCOC(=O)CCNCc1cccc(CN)c1. The van der Waals surface area contributed by atoms with Crippen molar-refractivity contribution in [1.29, 1.82) is 0 Å². The van der Waals surface area contributed by atoms with Crippen LogP contribution in [0.25, 0.3) is 0 Å². The number of carbonyl (C=O) groups excluding carboxylic acids is 1. The Hall–Kier alpha value is -1.39. The first-order chi connectivity index (χ1) is 10.3. The van der Waals surface area contributed by atoms with Gasteiger partial charge in [0.25, 0.3) is 0 Å². The molecule has 4 heteroatoms. The van der Waals surface area contributed by atoms with Gasteiger partial charge in [0.1, 0.15) is 0 Å². The maximum Gasteiger partial charge on any atom is 0.307 e. The molecule has 4 nitrogen and oxygen atoms in total. The Bertz CT molecular complexity index is 408. The molecule has 0 unspecified atom stereocenters. The molecule has 0 bridgehead atoms. The van der Waals surface area contributed by atoms with Crippen molar-refractivity contribution in [2.24, 2.45) is 5.73 Å². The molecule has 0 saturated heterocycles. The Kier molecular flexibility index (Phi) is 9.49. The first-order valence-electron chi connectivity index (χ1n) is 7.90. The summed E-state index contributed by atoms with van der Waals surface area (Å²) in [6.45, 7) is 4.66. The van der Waals surface area contributed by atoms with Crippen LogP contribution in [0.5, 0.6) is 0 Å². The second kappa shape index (κ2) is 11.3. The van der Waals surface area contributed by atoms with Gasteiger partial charge in [0.2, 0.25) is 0 Å². The van der Waals surface area contributed by atoms with E-state index in [1.165, 1.54) is 18.4 Å². The van der Waals surface area contributed by atoms with Gasteiger partial charge in [-0.05, 0) is 17.5 Å². The van der Waals surface area contributed by atoms with Crippen LogP contribution in [-0.2, 0) is 22.6 Å². The van der Waals surface area contributed by atoms with E-state index in [9.17, 15) is 4.79 Å². The van der Waals surface area contributed by atoms with Gasteiger partial charge >= 0.3 is 5.97 Å². The summed E-state index contributed by atoms with van der Waals surface area (Å²) in [6, 6.07) is 8.15. The third-order valence-corrected chi connectivity index (χ3v) is 3.32. The summed E-state index contributed by atoms with van der Waals surface area (Å²) in [5.74, 6) is -0.116. The number of hydrogen-bond donors (Lipinski definition) is 2. The molecule has 0 aliphatic carbocycles. The lowest BCUT2D eigenvalue weighted by Crippen LogP contribution is -2.19. The number of ether oxygens (including phenoxy) is 1. The van der Waals surface area contributed by atoms with Gasteiger partial charge in [-0.3, -0.25) is 4.79 Å². The van der Waals surface area contributed by atoms with E-state index in [1.807, 2.05) is 12.1 Å². The van der Waals surface area contributed by atoms with Gasteiger partial charge in [0.15, 0.2) is 0 Å². The molecule has 0 radical (unpaired) electrons. The predicted molar refractivity (Wildman–Crippen MR) is 85.8 cm³/mol. The zero-order valence-corrected chi connectivity index (χ0v) is 13.1. The van der Waals surface area contributed by atoms with Crippen molar-refractivity contribution in [2.75, 3.05) is 13.2 Å². The second-order valence-electron chi connectivity index (χ2n) is 5.23. The van der Waals surface area contributed by atoms with E-state index in [-0.39, 0.29) is 5.97 Å². The van der Waals surface area contributed by atoms with Gasteiger partial charge in [-0.1, -0.05) is 50.5 Å². The lowest BCUT2D eigenvalue weighted by atomic mass is 10.1. The Balaban J connectivity index is 2.06. The Labute approximate surface area is 128 Å². The van der Waals surface area contributed by atoms with Gasteiger partial charge in [0.05, 0.1) is 13.0 Å². The molecular formula is C17H28N2O2. The number of hydrogen-bond acceptors (Lipinski definition) is 4. The van der Waals surface area contributed by atoms with Crippen molar-refractivity contribution < 1.29 is 9.53 Å². The topological polar surface area (TPSA) is 64.3 Å². The van der Waals surface area contributed by atoms with E-state index >= 15 is 0 Å². The van der Waals surface area contributed by atoms with Crippen molar-refractivity contribution in [3.63, 3.8) is 0 Å². The molecule has 0 heterocycles. The van der Waals surface area contributed by atoms with E-state index in [4.69, 9.17) is 10.5 Å². The fourth-order valence-electron chi connectivity index (χ4n) is 2.08. The Morgan fingerprint density at radius 1 is 1.24 bits per heavy atom. The Morgan fingerprint density at radius 2 is 2.05 bits per heavy atom. The zero-order valence-electron chi connectivity index (χ0n) is 13.1. The first-order valence-corrected chi connectivity index (χ1v) is 7.90. The second-order valence-corrected chi connectivity index (χ2v) is 5.23. The fourth-order valence-corrected chi connectivity index (χ4v) is 2.08. The first kappa shape index (κ1) is 17.7. The largest absolute Gasteiger partial charge is 0.466 e. The molecule has 21 heavy (non-hydrogen) atoms. The average Bonchev–Trinajstić information content (AvgIpc) is 2.51. The standard InChI is InChI=1S/C17H28N2O2/c1-2-3-4-5-11-21-17(20)9-10-19-14-16-8-6-7-15(12-16)13-18/h6-8,12,19H,2-5,9-11,13-14,18H2,1H3. The van der Waals surface area contributed by atoms with Gasteiger partial charge in [-0.25, -0.2) is 0 Å². The van der Waals surface area contributed by atoms with Crippen LogP contribution < -0.4 is 11.1 Å². The number of nitrogens with one attached hydrogen (secondary N) is 1. The molecule has 1 aromatic carbocycles. The van der Waals surface area contributed by atoms with Crippen molar-refractivity contribution in [1.82, 2.24) is 5.32 Å². The van der Waals surface area contributed by atoms with Gasteiger partial charge in [0, 0.05) is 19.6 Å². The van der Waals surface area contributed by atoms with E-state index < -0.39 is 0 Å². The minimum Gasteiger partial charge on any atom is -0.466 e. The normalized spacial score (nSPS) is 10.6. The number of nitrogens with two attached hydrogens (primary N) is 1. The lowest BCUT2D eigenvalue weighted by Gasteiger charge is -2.07. The summed E-state index contributed by atoms with van der Waals surface area (Å²) in [7, 11) is 0. The highest BCUT2D eigenvalue weighted by atomic mass is 16.5. The van der Waals surface area contributed by atoms with Crippen LogP contribution in [0, 0.1) is 0 Å². The highest BCUT2D eigenvalue weighted by Gasteiger charge is 2.02. The molecule has 0 atom stereocenters. The summed E-state index contributed by atoms with van der Waals surface area (Å²) >= 11 is 0. The van der Waals surface area contributed by atoms with Crippen LogP contribution in [0.3, 0.4) is 0 Å². The number of unbranched alkanes of at least 4 members (excludes halogenated alkanes) is 3. The molecular weight excluding hydrogens is 264 g/mol. The highest BCUT2D eigenvalue weighted by molar-refractivity contribution is 5.69. The quantitative estimate of drug-likeness (QED) is 0.486. The maximum atomic E-state index is 11.5. The average molecular weight is 292 g/mol. The third kappa shape index (κ3) is 8.48. The van der Waals surface area contributed by atoms with E-state index in [0.717, 1.165) is 24.9 Å². The summed E-state index contributed by atoms with van der Waals surface area (Å²) in [5, 5.41) is 3.25. The van der Waals surface area contributed by atoms with E-state index in [0.29, 0.717) is 26.1 Å². The van der Waals surface area contributed by atoms with Crippen LogP contribution in [0.15, 0.2) is 24.3 Å². The molecule has 0 aromatic heterocycles. The molecule has 3 N–H and O–H groups in total. The van der Waals surface area contributed by atoms with Crippen molar-refractivity contribution >= 4 is 5.97 Å². The molecule has 1 aromatic rings. The van der Waals surface area contributed by atoms with Crippen LogP contribution in [-0.4, -0.2) is 19.1 Å². The monoisotopic (exact) mass is 292 g/mol.